The molecule has 0 radical (unpaired) electrons. The van der Waals surface area contributed by atoms with E-state index in [2.05, 4.69) is 26.5 Å². The van der Waals surface area contributed by atoms with E-state index in [9.17, 15) is 20.0 Å². The second-order valence-corrected chi connectivity index (χ2v) is 11.9. The molecule has 4 aliphatic rings. The molecule has 188 valence electrons. The van der Waals surface area contributed by atoms with Gasteiger partial charge in [0.2, 0.25) is 0 Å². The second kappa shape index (κ2) is 8.88. The Morgan fingerprint density at radius 3 is 2.71 bits per heavy atom. The number of nitrogens with zero attached hydrogens (tertiary/aromatic N) is 1. The number of fused-ring (bicyclic) bond motifs is 3. The van der Waals surface area contributed by atoms with Gasteiger partial charge >= 0.3 is 5.97 Å². The van der Waals surface area contributed by atoms with E-state index in [1.165, 1.54) is 5.57 Å². The number of benzene rings is 1. The zero-order chi connectivity index (χ0) is 25.0. The fourth-order valence-corrected chi connectivity index (χ4v) is 8.34. The first-order valence-electron chi connectivity index (χ1n) is 13.1. The number of carbonyl (C=O) groups is 1. The van der Waals surface area contributed by atoms with Crippen LogP contribution in [0.1, 0.15) is 76.7 Å². The summed E-state index contributed by atoms with van der Waals surface area (Å²) in [6.07, 6.45) is 9.56. The number of allylic oxidation sites excluding steroid dienone is 2. The summed E-state index contributed by atoms with van der Waals surface area (Å²) in [4.78, 5) is 23.0. The Bertz CT molecular complexity index is 1080. The highest BCUT2D eigenvalue weighted by molar-refractivity contribution is 5.91. The number of carbonyl (C=O) groups excluding carboxylic acids is 1. The van der Waals surface area contributed by atoms with Gasteiger partial charge < -0.3 is 9.84 Å². The molecule has 7 unspecified atom stereocenters. The molecule has 0 amide bonds. The minimum Gasteiger partial charge on any atom is -0.459 e. The highest BCUT2D eigenvalue weighted by Crippen LogP contribution is 2.67. The van der Waals surface area contributed by atoms with E-state index in [1.807, 2.05) is 12.1 Å². The Labute approximate surface area is 207 Å². The largest absolute Gasteiger partial charge is 0.459 e. The van der Waals surface area contributed by atoms with Gasteiger partial charge in [-0.15, -0.1) is 0 Å². The van der Waals surface area contributed by atoms with Crippen molar-refractivity contribution in [3.63, 3.8) is 0 Å². The van der Waals surface area contributed by atoms with E-state index >= 15 is 0 Å². The van der Waals surface area contributed by atoms with Crippen LogP contribution in [0.2, 0.25) is 0 Å². The van der Waals surface area contributed by atoms with Crippen LogP contribution in [0.4, 0.5) is 5.69 Å². The average Bonchev–Trinajstić information content (AvgIpc) is 3.15. The lowest BCUT2D eigenvalue weighted by molar-refractivity contribution is -0.384. The number of nitro benzene ring substituents is 1. The van der Waals surface area contributed by atoms with Gasteiger partial charge in [-0.2, -0.15) is 0 Å². The van der Waals surface area contributed by atoms with Crippen LogP contribution in [0.5, 0.6) is 0 Å². The molecule has 3 saturated carbocycles. The van der Waals surface area contributed by atoms with Gasteiger partial charge in [-0.25, -0.2) is 4.79 Å². The molecule has 0 aromatic heterocycles. The number of aliphatic hydroxyl groups is 1. The van der Waals surface area contributed by atoms with Crippen LogP contribution in [-0.4, -0.2) is 28.7 Å². The first-order chi connectivity index (χ1) is 16.6. The maximum absolute atomic E-state index is 12.0. The molecular weight excluding hydrogens is 442 g/mol. The first-order valence-corrected chi connectivity index (χ1v) is 13.1. The number of rotatable bonds is 4. The van der Waals surface area contributed by atoms with Gasteiger partial charge in [-0.05, 0) is 91.4 Å². The van der Waals surface area contributed by atoms with E-state index in [1.54, 1.807) is 12.1 Å². The van der Waals surface area contributed by atoms with Crippen molar-refractivity contribution in [2.24, 2.45) is 28.6 Å². The van der Waals surface area contributed by atoms with Gasteiger partial charge in [0.25, 0.3) is 5.69 Å². The maximum Gasteiger partial charge on any atom is 0.336 e. The Hall–Kier alpha value is -2.47. The number of cyclic esters (lactones) is 1. The normalized spacial score (nSPS) is 40.2. The lowest BCUT2D eigenvalue weighted by atomic mass is 9.41. The minimum atomic E-state index is -0.819. The van der Waals surface area contributed by atoms with Crippen LogP contribution in [-0.2, 0) is 9.53 Å². The fraction of sp³-hybridized carbons (Fsp3) is 0.621. The van der Waals surface area contributed by atoms with Gasteiger partial charge in [-0.1, -0.05) is 44.2 Å². The van der Waals surface area contributed by atoms with Crippen molar-refractivity contribution in [1.82, 2.24) is 0 Å². The Balaban J connectivity index is 1.37. The van der Waals surface area contributed by atoms with Crippen molar-refractivity contribution in [1.29, 1.82) is 0 Å². The van der Waals surface area contributed by atoms with Crippen LogP contribution in [0.15, 0.2) is 48.1 Å². The van der Waals surface area contributed by atoms with Gasteiger partial charge in [0.1, 0.15) is 12.7 Å². The topological polar surface area (TPSA) is 89.7 Å². The van der Waals surface area contributed by atoms with Crippen molar-refractivity contribution < 1.29 is 19.6 Å². The van der Waals surface area contributed by atoms with Crippen molar-refractivity contribution in [3.05, 3.63) is 63.7 Å². The number of aliphatic hydroxyl groups excluding tert-OH is 1. The zero-order valence-corrected chi connectivity index (χ0v) is 20.9. The maximum atomic E-state index is 12.0. The number of non-ortho nitro benzene ring substituents is 1. The standard InChI is InChI=1S/C29H37NO5/c1-18-7-10-26-28(2)13-11-20(19-5-4-6-22(16-19)30(33)34)15-21(28)12-14-29(26,3)24(18)9-8-23-25(31)17-35-27(23)32/h4-6,8,16,20-21,24-26,31H,1,7,9-15,17H2,2-3H3. The molecule has 1 aliphatic heterocycles. The Morgan fingerprint density at radius 1 is 1.23 bits per heavy atom. The van der Waals surface area contributed by atoms with Crippen molar-refractivity contribution in [2.45, 2.75) is 77.2 Å². The summed E-state index contributed by atoms with van der Waals surface area (Å²) < 4.78 is 5.01. The molecule has 1 N–H and O–H groups in total. The van der Waals surface area contributed by atoms with E-state index in [0.29, 0.717) is 29.2 Å². The average molecular weight is 480 g/mol. The molecule has 1 heterocycles. The van der Waals surface area contributed by atoms with E-state index < -0.39 is 12.1 Å². The molecular formula is C29H37NO5. The van der Waals surface area contributed by atoms with Crippen LogP contribution in [0.25, 0.3) is 0 Å². The summed E-state index contributed by atoms with van der Waals surface area (Å²) in [7, 11) is 0. The van der Waals surface area contributed by atoms with Crippen LogP contribution >= 0.6 is 0 Å². The number of hydrogen-bond donors (Lipinski definition) is 1. The number of esters is 1. The Morgan fingerprint density at radius 2 is 2.00 bits per heavy atom. The predicted molar refractivity (Wildman–Crippen MR) is 134 cm³/mol. The van der Waals surface area contributed by atoms with E-state index in [4.69, 9.17) is 4.74 Å². The summed E-state index contributed by atoms with van der Waals surface area (Å²) in [5.41, 5.74) is 3.32. The summed E-state index contributed by atoms with van der Waals surface area (Å²) in [5, 5.41) is 21.4. The second-order valence-electron chi connectivity index (χ2n) is 11.9. The highest BCUT2D eigenvalue weighted by Gasteiger charge is 2.58. The first kappa shape index (κ1) is 24.2. The molecule has 0 bridgehead atoms. The third-order valence-corrected chi connectivity index (χ3v) is 10.3. The smallest absolute Gasteiger partial charge is 0.336 e. The lowest BCUT2D eigenvalue weighted by Gasteiger charge is -2.63. The molecule has 1 saturated heterocycles. The summed E-state index contributed by atoms with van der Waals surface area (Å²) in [5.74, 6) is 1.47. The zero-order valence-electron chi connectivity index (χ0n) is 20.9. The summed E-state index contributed by atoms with van der Waals surface area (Å²) in [6.45, 7) is 9.43. The van der Waals surface area contributed by atoms with Gasteiger partial charge in [-0.3, -0.25) is 10.1 Å². The van der Waals surface area contributed by atoms with Crippen molar-refractivity contribution >= 4 is 11.7 Å². The van der Waals surface area contributed by atoms with Gasteiger partial charge in [0.05, 0.1) is 10.5 Å². The molecule has 0 spiro atoms. The molecule has 35 heavy (non-hydrogen) atoms. The van der Waals surface area contributed by atoms with Crippen LogP contribution in [0.3, 0.4) is 0 Å². The number of ether oxygens (including phenoxy) is 1. The molecule has 6 nitrogen and oxygen atoms in total. The van der Waals surface area contributed by atoms with Crippen molar-refractivity contribution in [3.8, 4) is 0 Å². The molecule has 1 aromatic carbocycles. The van der Waals surface area contributed by atoms with Crippen LogP contribution < -0.4 is 0 Å². The number of hydrogen-bond acceptors (Lipinski definition) is 5. The summed E-state index contributed by atoms with van der Waals surface area (Å²) in [6, 6.07) is 7.24. The summed E-state index contributed by atoms with van der Waals surface area (Å²) >= 11 is 0. The Kier molecular flexibility index (Phi) is 6.15. The predicted octanol–water partition coefficient (Wildman–Crippen LogP) is 6.10. The fourth-order valence-electron chi connectivity index (χ4n) is 8.34. The molecule has 7 atom stereocenters. The molecule has 6 heteroatoms. The van der Waals surface area contributed by atoms with Crippen molar-refractivity contribution in [2.75, 3.05) is 6.61 Å². The minimum absolute atomic E-state index is 0.0572. The highest BCUT2D eigenvalue weighted by atomic mass is 16.6. The third kappa shape index (κ3) is 4.04. The quantitative estimate of drug-likeness (QED) is 0.185. The number of nitro groups is 1. The lowest BCUT2D eigenvalue weighted by Crippen LogP contribution is -2.55. The van der Waals surface area contributed by atoms with Gasteiger partial charge in [0.15, 0.2) is 0 Å². The van der Waals surface area contributed by atoms with E-state index in [-0.39, 0.29) is 28.0 Å². The van der Waals surface area contributed by atoms with E-state index in [0.717, 1.165) is 56.9 Å². The third-order valence-electron chi connectivity index (χ3n) is 10.3. The monoisotopic (exact) mass is 479 g/mol. The molecule has 1 aromatic rings. The van der Waals surface area contributed by atoms with Gasteiger partial charge in [0, 0.05) is 12.1 Å². The van der Waals surface area contributed by atoms with Crippen LogP contribution in [0, 0.1) is 38.7 Å². The molecule has 5 rings (SSSR count). The SMILES string of the molecule is C=C1CCC2C3(C)CCC(c4cccc([N+](=O)[O-])c4)CC3CCC2(C)C1CC=C1C(=O)OCC1O. The molecule has 4 fully saturated rings. The molecule has 3 aliphatic carbocycles.